The predicted molar refractivity (Wildman–Crippen MR) is 72.0 cm³/mol. The van der Waals surface area contributed by atoms with Gasteiger partial charge in [0.2, 0.25) is 0 Å². The summed E-state index contributed by atoms with van der Waals surface area (Å²) in [6.45, 7) is 6.24. The molecule has 2 nitrogen and oxygen atoms in total. The Hall–Kier alpha value is -0.0800. The highest BCUT2D eigenvalue weighted by Crippen LogP contribution is 2.09. The maximum Gasteiger partial charge on any atom is 0.0480 e. The third kappa shape index (κ3) is 10.4. The van der Waals surface area contributed by atoms with Crippen molar-refractivity contribution in [3.05, 3.63) is 0 Å². The molecule has 0 aromatic heterocycles. The van der Waals surface area contributed by atoms with Crippen molar-refractivity contribution in [1.82, 2.24) is 5.32 Å². The van der Waals surface area contributed by atoms with Gasteiger partial charge in [0.05, 0.1) is 0 Å². The maximum absolute atomic E-state index is 5.52. The first-order valence-corrected chi connectivity index (χ1v) is 7.10. The molecule has 1 unspecified atom stereocenters. The summed E-state index contributed by atoms with van der Waals surface area (Å²) in [5.74, 6) is 0. The van der Waals surface area contributed by atoms with Gasteiger partial charge in [-0.2, -0.15) is 0 Å². The Morgan fingerprint density at radius 1 is 0.875 bits per heavy atom. The van der Waals surface area contributed by atoms with E-state index in [0.29, 0.717) is 6.04 Å². The summed E-state index contributed by atoms with van der Waals surface area (Å²) in [5.41, 5.74) is 0. The topological polar surface area (TPSA) is 21.3 Å². The van der Waals surface area contributed by atoms with E-state index in [9.17, 15) is 0 Å². The summed E-state index contributed by atoms with van der Waals surface area (Å²) in [6.07, 6.45) is 10.5. The zero-order chi connectivity index (χ0) is 12.1. The van der Waals surface area contributed by atoms with Crippen molar-refractivity contribution in [2.45, 2.75) is 71.3 Å². The van der Waals surface area contributed by atoms with E-state index < -0.39 is 0 Å². The molecule has 0 aliphatic carbocycles. The van der Waals surface area contributed by atoms with E-state index in [2.05, 4.69) is 26.2 Å². The second-order valence-electron chi connectivity index (χ2n) is 4.59. The lowest BCUT2D eigenvalue weighted by molar-refractivity contribution is 0.124. The first kappa shape index (κ1) is 15.9. The molecule has 0 spiro atoms. The van der Waals surface area contributed by atoms with Crippen molar-refractivity contribution in [3.63, 3.8) is 0 Å². The van der Waals surface area contributed by atoms with Crippen molar-refractivity contribution in [1.29, 1.82) is 0 Å². The number of unbranched alkanes of at least 4 members (excludes halogenated alkanes) is 4. The van der Waals surface area contributed by atoms with Gasteiger partial charge >= 0.3 is 0 Å². The van der Waals surface area contributed by atoms with E-state index in [1.54, 1.807) is 0 Å². The van der Waals surface area contributed by atoms with E-state index in [0.717, 1.165) is 26.1 Å². The summed E-state index contributed by atoms with van der Waals surface area (Å²) in [7, 11) is 2.07. The van der Waals surface area contributed by atoms with Crippen LogP contribution in [0.2, 0.25) is 0 Å². The highest BCUT2D eigenvalue weighted by Gasteiger charge is 2.05. The van der Waals surface area contributed by atoms with Crippen LogP contribution < -0.4 is 5.32 Å². The minimum atomic E-state index is 0.651. The van der Waals surface area contributed by atoms with Gasteiger partial charge < -0.3 is 10.1 Å². The van der Waals surface area contributed by atoms with Gasteiger partial charge in [0.1, 0.15) is 0 Å². The monoisotopic (exact) mass is 229 g/mol. The Morgan fingerprint density at radius 3 is 2.25 bits per heavy atom. The molecular formula is C14H31NO. The zero-order valence-electron chi connectivity index (χ0n) is 11.6. The average Bonchev–Trinajstić information content (AvgIpc) is 2.31. The average molecular weight is 229 g/mol. The van der Waals surface area contributed by atoms with Gasteiger partial charge in [-0.1, -0.05) is 46.0 Å². The summed E-state index contributed by atoms with van der Waals surface area (Å²) < 4.78 is 5.52. The van der Waals surface area contributed by atoms with Crippen LogP contribution in [0.3, 0.4) is 0 Å². The highest BCUT2D eigenvalue weighted by molar-refractivity contribution is 4.64. The number of nitrogens with one attached hydrogen (secondary N) is 1. The van der Waals surface area contributed by atoms with Crippen LogP contribution in [0.1, 0.15) is 65.2 Å². The molecule has 0 bridgehead atoms. The molecule has 0 radical (unpaired) electrons. The molecule has 0 aliphatic heterocycles. The van der Waals surface area contributed by atoms with Crippen molar-refractivity contribution in [3.8, 4) is 0 Å². The Labute approximate surface area is 102 Å². The minimum Gasteiger partial charge on any atom is -0.381 e. The van der Waals surface area contributed by atoms with Crippen LogP contribution in [0.5, 0.6) is 0 Å². The van der Waals surface area contributed by atoms with Crippen LogP contribution in [0, 0.1) is 0 Å². The molecule has 0 aliphatic rings. The molecule has 0 saturated heterocycles. The Morgan fingerprint density at radius 2 is 1.62 bits per heavy atom. The molecule has 2 heteroatoms. The van der Waals surface area contributed by atoms with Gasteiger partial charge in [-0.25, -0.2) is 0 Å². The molecule has 0 fully saturated rings. The largest absolute Gasteiger partial charge is 0.381 e. The van der Waals surface area contributed by atoms with Crippen molar-refractivity contribution in [2.24, 2.45) is 0 Å². The van der Waals surface area contributed by atoms with Gasteiger partial charge in [0.15, 0.2) is 0 Å². The number of rotatable bonds is 12. The van der Waals surface area contributed by atoms with Gasteiger partial charge in [0, 0.05) is 19.3 Å². The molecule has 0 rings (SSSR count). The van der Waals surface area contributed by atoms with Crippen LogP contribution >= 0.6 is 0 Å². The lowest BCUT2D eigenvalue weighted by atomic mass is 10.0. The predicted octanol–water partition coefficient (Wildman–Crippen LogP) is 3.75. The lowest BCUT2D eigenvalue weighted by Gasteiger charge is -2.15. The molecule has 0 aromatic rings. The molecule has 1 N–H and O–H groups in total. The second kappa shape index (κ2) is 13.0. The van der Waals surface area contributed by atoms with Crippen LogP contribution in [-0.4, -0.2) is 26.3 Å². The fourth-order valence-corrected chi connectivity index (χ4v) is 1.90. The van der Waals surface area contributed by atoms with Gasteiger partial charge in [0.25, 0.3) is 0 Å². The van der Waals surface area contributed by atoms with Crippen LogP contribution in [0.4, 0.5) is 0 Å². The molecular weight excluding hydrogens is 198 g/mol. The van der Waals surface area contributed by atoms with E-state index in [1.807, 2.05) is 0 Å². The SMILES string of the molecule is CCCCCCCC(CCOCCC)NC. The zero-order valence-corrected chi connectivity index (χ0v) is 11.6. The van der Waals surface area contributed by atoms with E-state index in [-0.39, 0.29) is 0 Å². The van der Waals surface area contributed by atoms with Crippen molar-refractivity contribution < 1.29 is 4.74 Å². The molecule has 0 aromatic carbocycles. The normalized spacial score (nSPS) is 12.9. The van der Waals surface area contributed by atoms with E-state index >= 15 is 0 Å². The maximum atomic E-state index is 5.52. The first-order chi connectivity index (χ1) is 7.85. The standard InChI is InChI=1S/C14H31NO/c1-4-6-7-8-9-10-14(15-3)11-13-16-12-5-2/h14-15H,4-13H2,1-3H3. The fraction of sp³-hybridized carbons (Fsp3) is 1.00. The molecule has 0 saturated carbocycles. The lowest BCUT2D eigenvalue weighted by Crippen LogP contribution is -2.26. The van der Waals surface area contributed by atoms with Gasteiger partial charge in [-0.3, -0.25) is 0 Å². The molecule has 0 amide bonds. The van der Waals surface area contributed by atoms with Crippen LogP contribution in [0.15, 0.2) is 0 Å². The van der Waals surface area contributed by atoms with E-state index in [4.69, 9.17) is 4.74 Å². The van der Waals surface area contributed by atoms with Crippen molar-refractivity contribution >= 4 is 0 Å². The van der Waals surface area contributed by atoms with Crippen LogP contribution in [-0.2, 0) is 4.74 Å². The summed E-state index contributed by atoms with van der Waals surface area (Å²) in [6, 6.07) is 0.651. The number of hydrogen-bond donors (Lipinski definition) is 1. The Kier molecular flexibility index (Phi) is 12.9. The third-order valence-corrected chi connectivity index (χ3v) is 3.02. The summed E-state index contributed by atoms with van der Waals surface area (Å²) in [5, 5.41) is 3.39. The Bertz CT molecular complexity index is 128. The fourth-order valence-electron chi connectivity index (χ4n) is 1.90. The van der Waals surface area contributed by atoms with Gasteiger partial charge in [-0.05, 0) is 26.3 Å². The molecule has 16 heavy (non-hydrogen) atoms. The molecule has 0 heterocycles. The summed E-state index contributed by atoms with van der Waals surface area (Å²) >= 11 is 0. The van der Waals surface area contributed by atoms with Crippen LogP contribution in [0.25, 0.3) is 0 Å². The van der Waals surface area contributed by atoms with E-state index in [1.165, 1.54) is 38.5 Å². The van der Waals surface area contributed by atoms with Crippen molar-refractivity contribution in [2.75, 3.05) is 20.3 Å². The quantitative estimate of drug-likeness (QED) is 0.515. The number of ether oxygens (including phenoxy) is 1. The molecule has 98 valence electrons. The van der Waals surface area contributed by atoms with Gasteiger partial charge in [-0.15, -0.1) is 0 Å². The molecule has 1 atom stereocenters. The minimum absolute atomic E-state index is 0.651. The summed E-state index contributed by atoms with van der Waals surface area (Å²) in [4.78, 5) is 0. The third-order valence-electron chi connectivity index (χ3n) is 3.02. The highest BCUT2D eigenvalue weighted by atomic mass is 16.5. The number of hydrogen-bond acceptors (Lipinski definition) is 2. The smallest absolute Gasteiger partial charge is 0.0480 e. The Balaban J connectivity index is 3.29. The second-order valence-corrected chi connectivity index (χ2v) is 4.59. The first-order valence-electron chi connectivity index (χ1n) is 7.10.